The normalized spacial score (nSPS) is 13.4. The zero-order chi connectivity index (χ0) is 16.9. The van der Waals surface area contributed by atoms with Gasteiger partial charge >= 0.3 is 0 Å². The van der Waals surface area contributed by atoms with Gasteiger partial charge in [-0.3, -0.25) is 0 Å². The summed E-state index contributed by atoms with van der Waals surface area (Å²) in [5, 5.41) is 0. The SMILES string of the molecule is c1ccc(Cc2ccc(Cc3ccccc3)c(C3=NCCO3)c2)cc1. The highest BCUT2D eigenvalue weighted by atomic mass is 16.5. The number of ether oxygens (including phenoxy) is 1. The molecule has 2 nitrogen and oxygen atoms in total. The van der Waals surface area contributed by atoms with Crippen LogP contribution in [0.4, 0.5) is 0 Å². The number of hydrogen-bond donors (Lipinski definition) is 0. The number of nitrogens with zero attached hydrogens (tertiary/aromatic N) is 1. The van der Waals surface area contributed by atoms with Gasteiger partial charge < -0.3 is 4.74 Å². The van der Waals surface area contributed by atoms with Crippen molar-refractivity contribution in [3.63, 3.8) is 0 Å². The Bertz CT molecular complexity index is 869. The molecule has 0 saturated heterocycles. The van der Waals surface area contributed by atoms with Gasteiger partial charge in [-0.05, 0) is 41.2 Å². The van der Waals surface area contributed by atoms with Crippen molar-refractivity contribution in [2.24, 2.45) is 4.99 Å². The molecule has 0 bridgehead atoms. The highest BCUT2D eigenvalue weighted by molar-refractivity contribution is 5.96. The molecule has 0 N–H and O–H groups in total. The monoisotopic (exact) mass is 327 g/mol. The Morgan fingerprint density at radius 3 is 2.04 bits per heavy atom. The summed E-state index contributed by atoms with van der Waals surface area (Å²) in [6.45, 7) is 1.44. The Hall–Kier alpha value is -2.87. The van der Waals surface area contributed by atoms with Crippen molar-refractivity contribution in [1.29, 1.82) is 0 Å². The summed E-state index contributed by atoms with van der Waals surface area (Å²) in [6.07, 6.45) is 1.82. The van der Waals surface area contributed by atoms with E-state index in [9.17, 15) is 0 Å². The molecule has 25 heavy (non-hydrogen) atoms. The van der Waals surface area contributed by atoms with E-state index < -0.39 is 0 Å². The maximum Gasteiger partial charge on any atom is 0.216 e. The number of rotatable bonds is 5. The van der Waals surface area contributed by atoms with Gasteiger partial charge in [-0.25, -0.2) is 4.99 Å². The highest BCUT2D eigenvalue weighted by Gasteiger charge is 2.16. The van der Waals surface area contributed by atoms with E-state index in [-0.39, 0.29) is 0 Å². The third-order valence-electron chi connectivity index (χ3n) is 4.48. The lowest BCUT2D eigenvalue weighted by Gasteiger charge is -2.12. The Labute approximate surface area is 148 Å². The second-order valence-electron chi connectivity index (χ2n) is 6.35. The molecule has 0 unspecified atom stereocenters. The van der Waals surface area contributed by atoms with E-state index in [1.165, 1.54) is 22.3 Å². The van der Waals surface area contributed by atoms with Crippen LogP contribution < -0.4 is 0 Å². The molecule has 0 amide bonds. The summed E-state index contributed by atoms with van der Waals surface area (Å²) < 4.78 is 5.77. The first kappa shape index (κ1) is 15.6. The molecule has 3 aromatic rings. The van der Waals surface area contributed by atoms with Gasteiger partial charge in [-0.1, -0.05) is 72.8 Å². The molecular formula is C23H21NO. The minimum atomic E-state index is 0.684. The molecule has 4 rings (SSSR count). The van der Waals surface area contributed by atoms with Crippen molar-refractivity contribution in [3.8, 4) is 0 Å². The van der Waals surface area contributed by atoms with Crippen LogP contribution in [-0.2, 0) is 17.6 Å². The maximum atomic E-state index is 5.77. The lowest BCUT2D eigenvalue weighted by molar-refractivity contribution is 0.348. The zero-order valence-corrected chi connectivity index (χ0v) is 14.2. The van der Waals surface area contributed by atoms with E-state index in [0.29, 0.717) is 6.61 Å². The van der Waals surface area contributed by atoms with E-state index in [1.54, 1.807) is 0 Å². The molecule has 1 aliphatic rings. The maximum absolute atomic E-state index is 5.77. The van der Waals surface area contributed by atoms with E-state index in [0.717, 1.165) is 30.8 Å². The van der Waals surface area contributed by atoms with Crippen LogP contribution in [0.25, 0.3) is 0 Å². The Kier molecular flexibility index (Phi) is 4.60. The van der Waals surface area contributed by atoms with Crippen LogP contribution in [0.3, 0.4) is 0 Å². The smallest absolute Gasteiger partial charge is 0.216 e. The molecule has 124 valence electrons. The third-order valence-corrected chi connectivity index (χ3v) is 4.48. The van der Waals surface area contributed by atoms with E-state index >= 15 is 0 Å². The Morgan fingerprint density at radius 1 is 0.720 bits per heavy atom. The van der Waals surface area contributed by atoms with Gasteiger partial charge in [0.2, 0.25) is 5.90 Å². The fourth-order valence-electron chi connectivity index (χ4n) is 3.23. The van der Waals surface area contributed by atoms with Crippen molar-refractivity contribution in [2.45, 2.75) is 12.8 Å². The molecular weight excluding hydrogens is 306 g/mol. The predicted octanol–water partition coefficient (Wildman–Crippen LogP) is 4.65. The Balaban J connectivity index is 1.66. The first-order valence-electron chi connectivity index (χ1n) is 8.76. The van der Waals surface area contributed by atoms with E-state index in [1.807, 2.05) is 0 Å². The largest absolute Gasteiger partial charge is 0.476 e. The molecule has 0 radical (unpaired) electrons. The zero-order valence-electron chi connectivity index (χ0n) is 14.2. The quantitative estimate of drug-likeness (QED) is 0.669. The summed E-state index contributed by atoms with van der Waals surface area (Å²) in [5.41, 5.74) is 6.31. The minimum Gasteiger partial charge on any atom is -0.476 e. The Morgan fingerprint density at radius 2 is 1.40 bits per heavy atom. The summed E-state index contributed by atoms with van der Waals surface area (Å²) in [4.78, 5) is 4.55. The lowest BCUT2D eigenvalue weighted by atomic mass is 9.95. The predicted molar refractivity (Wildman–Crippen MR) is 102 cm³/mol. The van der Waals surface area contributed by atoms with Crippen LogP contribution in [0.1, 0.15) is 27.8 Å². The third kappa shape index (κ3) is 3.80. The molecule has 1 heterocycles. The second kappa shape index (κ2) is 7.35. The van der Waals surface area contributed by atoms with Crippen LogP contribution in [0, 0.1) is 0 Å². The van der Waals surface area contributed by atoms with Crippen molar-refractivity contribution in [2.75, 3.05) is 13.2 Å². The molecule has 0 fully saturated rings. The van der Waals surface area contributed by atoms with E-state index in [4.69, 9.17) is 4.74 Å². The average Bonchev–Trinajstić information content (AvgIpc) is 3.19. The van der Waals surface area contributed by atoms with Crippen molar-refractivity contribution in [3.05, 3.63) is 107 Å². The molecule has 0 aromatic heterocycles. The fourth-order valence-corrected chi connectivity index (χ4v) is 3.23. The van der Waals surface area contributed by atoms with Crippen molar-refractivity contribution in [1.82, 2.24) is 0 Å². The van der Waals surface area contributed by atoms with Gasteiger partial charge in [-0.15, -0.1) is 0 Å². The molecule has 0 atom stereocenters. The molecule has 3 aromatic carbocycles. The standard InChI is InChI=1S/C23H21NO/c1-3-7-18(8-4-1)15-20-11-12-21(16-19-9-5-2-6-10-19)22(17-20)23-24-13-14-25-23/h1-12,17H,13-16H2. The summed E-state index contributed by atoms with van der Waals surface area (Å²) in [5.74, 6) is 0.792. The molecule has 0 saturated carbocycles. The van der Waals surface area contributed by atoms with Crippen molar-refractivity contribution >= 4 is 5.90 Å². The van der Waals surface area contributed by atoms with Gasteiger partial charge in [0.25, 0.3) is 0 Å². The molecule has 0 spiro atoms. The van der Waals surface area contributed by atoms with Crippen molar-refractivity contribution < 1.29 is 4.74 Å². The second-order valence-corrected chi connectivity index (χ2v) is 6.35. The van der Waals surface area contributed by atoms with Crippen LogP contribution in [0.2, 0.25) is 0 Å². The first-order valence-corrected chi connectivity index (χ1v) is 8.76. The summed E-state index contributed by atoms with van der Waals surface area (Å²) in [6, 6.07) is 27.8. The topological polar surface area (TPSA) is 21.6 Å². The molecule has 2 heteroatoms. The molecule has 1 aliphatic heterocycles. The van der Waals surface area contributed by atoms with Gasteiger partial charge in [-0.2, -0.15) is 0 Å². The summed E-state index contributed by atoms with van der Waals surface area (Å²) in [7, 11) is 0. The number of aliphatic imine (C=N–C) groups is 1. The minimum absolute atomic E-state index is 0.684. The van der Waals surface area contributed by atoms with Crippen LogP contribution in [-0.4, -0.2) is 19.0 Å². The van der Waals surface area contributed by atoms with Gasteiger partial charge in [0.15, 0.2) is 0 Å². The van der Waals surface area contributed by atoms with Crippen LogP contribution in [0.5, 0.6) is 0 Å². The molecule has 0 aliphatic carbocycles. The lowest BCUT2D eigenvalue weighted by Crippen LogP contribution is -2.07. The highest BCUT2D eigenvalue weighted by Crippen LogP contribution is 2.21. The first-order chi connectivity index (χ1) is 12.4. The summed E-state index contributed by atoms with van der Waals surface area (Å²) >= 11 is 0. The van der Waals surface area contributed by atoms with Gasteiger partial charge in [0.1, 0.15) is 6.61 Å². The van der Waals surface area contributed by atoms with Gasteiger partial charge in [0.05, 0.1) is 6.54 Å². The number of hydrogen-bond acceptors (Lipinski definition) is 2. The average molecular weight is 327 g/mol. The van der Waals surface area contributed by atoms with Crippen LogP contribution >= 0.6 is 0 Å². The number of benzene rings is 3. The van der Waals surface area contributed by atoms with E-state index in [2.05, 4.69) is 83.9 Å². The van der Waals surface area contributed by atoms with Crippen LogP contribution in [0.15, 0.2) is 83.9 Å². The fraction of sp³-hybridized carbons (Fsp3) is 0.174. The van der Waals surface area contributed by atoms with Gasteiger partial charge in [0, 0.05) is 5.56 Å².